The molecule has 0 aliphatic rings. The third kappa shape index (κ3) is 4.46. The van der Waals surface area contributed by atoms with E-state index in [1.807, 2.05) is 42.5 Å². The molecule has 0 heterocycles. The van der Waals surface area contributed by atoms with Crippen LogP contribution in [-0.2, 0) is 0 Å². The summed E-state index contributed by atoms with van der Waals surface area (Å²) in [5.74, 6) is 0.655. The van der Waals surface area contributed by atoms with Crippen LogP contribution in [0.2, 0.25) is 0 Å². The third-order valence-corrected chi connectivity index (χ3v) is 4.92. The molecule has 2 nitrogen and oxygen atoms in total. The van der Waals surface area contributed by atoms with Gasteiger partial charge in [0.05, 0.1) is 11.3 Å². The van der Waals surface area contributed by atoms with E-state index in [2.05, 4.69) is 43.8 Å². The molecule has 0 saturated carbocycles. The number of anilines is 1. The van der Waals surface area contributed by atoms with Crippen molar-refractivity contribution in [3.05, 3.63) is 69.6 Å². The number of rotatable bonds is 5. The van der Waals surface area contributed by atoms with E-state index < -0.39 is 0 Å². The van der Waals surface area contributed by atoms with Gasteiger partial charge in [0.1, 0.15) is 0 Å². The van der Waals surface area contributed by atoms with Crippen molar-refractivity contribution in [2.75, 3.05) is 11.1 Å². The minimum Gasteiger partial charge on any atom is -0.321 e. The lowest BCUT2D eigenvalue weighted by Gasteiger charge is -2.11. The standard InChI is InChI=1S/C16H13Br2NOS/c1-2-9-21-15-6-4-3-5-14(15)19-16(20)12-10-11(17)7-8-13(12)18/h2-8,10H,1,9H2,(H,19,20). The second-order valence-corrected chi connectivity index (χ2v) is 7.01. The monoisotopic (exact) mass is 425 g/mol. The Balaban J connectivity index is 2.23. The van der Waals surface area contributed by atoms with Crippen molar-refractivity contribution < 1.29 is 4.79 Å². The van der Waals surface area contributed by atoms with Gasteiger partial charge in [-0.2, -0.15) is 0 Å². The quantitative estimate of drug-likeness (QED) is 0.487. The number of hydrogen-bond acceptors (Lipinski definition) is 2. The van der Waals surface area contributed by atoms with Gasteiger partial charge in [0.2, 0.25) is 0 Å². The maximum atomic E-state index is 12.4. The molecule has 0 spiro atoms. The Morgan fingerprint density at radius 1 is 1.24 bits per heavy atom. The molecule has 21 heavy (non-hydrogen) atoms. The lowest BCUT2D eigenvalue weighted by molar-refractivity contribution is 0.102. The van der Waals surface area contributed by atoms with E-state index in [9.17, 15) is 4.79 Å². The summed E-state index contributed by atoms with van der Waals surface area (Å²) >= 11 is 8.43. The van der Waals surface area contributed by atoms with Gasteiger partial charge in [-0.3, -0.25) is 4.79 Å². The molecule has 0 aliphatic carbocycles. The fourth-order valence-electron chi connectivity index (χ4n) is 1.71. The molecule has 1 amide bonds. The molecule has 0 saturated heterocycles. The molecule has 2 rings (SSSR count). The summed E-state index contributed by atoms with van der Waals surface area (Å²) in [5.41, 5.74) is 1.40. The third-order valence-electron chi connectivity index (χ3n) is 2.66. The van der Waals surface area contributed by atoms with Crippen LogP contribution >= 0.6 is 43.6 Å². The molecule has 0 atom stereocenters. The first kappa shape index (κ1) is 16.3. The summed E-state index contributed by atoms with van der Waals surface area (Å²) in [5, 5.41) is 2.96. The minimum atomic E-state index is -0.144. The Hall–Kier alpha value is -1.04. The van der Waals surface area contributed by atoms with Gasteiger partial charge in [0, 0.05) is 19.6 Å². The number of carbonyl (C=O) groups is 1. The zero-order chi connectivity index (χ0) is 15.2. The molecule has 0 aromatic heterocycles. The van der Waals surface area contributed by atoms with E-state index in [0.717, 1.165) is 25.3 Å². The summed E-state index contributed by atoms with van der Waals surface area (Å²) in [6, 6.07) is 13.3. The maximum Gasteiger partial charge on any atom is 0.256 e. The SMILES string of the molecule is C=CCSc1ccccc1NC(=O)c1cc(Br)ccc1Br. The fraction of sp³-hybridized carbons (Fsp3) is 0.0625. The Bertz CT molecular complexity index is 673. The van der Waals surface area contributed by atoms with E-state index >= 15 is 0 Å². The number of para-hydroxylation sites is 1. The van der Waals surface area contributed by atoms with Crippen LogP contribution in [0.4, 0.5) is 5.69 Å². The van der Waals surface area contributed by atoms with Crippen molar-refractivity contribution in [1.82, 2.24) is 0 Å². The molecule has 2 aromatic carbocycles. The number of carbonyl (C=O) groups excluding carboxylic acids is 1. The predicted molar refractivity (Wildman–Crippen MR) is 97.2 cm³/mol. The lowest BCUT2D eigenvalue weighted by atomic mass is 10.2. The van der Waals surface area contributed by atoms with Gasteiger partial charge in [-0.25, -0.2) is 0 Å². The lowest BCUT2D eigenvalue weighted by Crippen LogP contribution is -2.13. The molecule has 0 fully saturated rings. The predicted octanol–water partition coefficient (Wildman–Crippen LogP) is 5.74. The first-order valence-electron chi connectivity index (χ1n) is 6.21. The van der Waals surface area contributed by atoms with Gasteiger partial charge in [0.15, 0.2) is 0 Å². The highest BCUT2D eigenvalue weighted by Crippen LogP contribution is 2.28. The number of thioether (sulfide) groups is 1. The van der Waals surface area contributed by atoms with Crippen LogP contribution < -0.4 is 5.32 Å². The van der Waals surface area contributed by atoms with Crippen molar-refractivity contribution in [3.8, 4) is 0 Å². The van der Waals surface area contributed by atoms with Crippen LogP contribution in [0.1, 0.15) is 10.4 Å². The van der Waals surface area contributed by atoms with E-state index in [1.165, 1.54) is 0 Å². The van der Waals surface area contributed by atoms with Crippen molar-refractivity contribution in [3.63, 3.8) is 0 Å². The first-order valence-corrected chi connectivity index (χ1v) is 8.78. The second kappa shape index (κ2) is 7.82. The Morgan fingerprint density at radius 3 is 2.76 bits per heavy atom. The number of halogens is 2. The molecule has 108 valence electrons. The number of nitrogens with one attached hydrogen (secondary N) is 1. The summed E-state index contributed by atoms with van der Waals surface area (Å²) in [7, 11) is 0. The fourth-order valence-corrected chi connectivity index (χ4v) is 3.24. The summed E-state index contributed by atoms with van der Waals surface area (Å²) in [6.07, 6.45) is 1.84. The molecular weight excluding hydrogens is 414 g/mol. The molecule has 0 bridgehead atoms. The van der Waals surface area contributed by atoms with Gasteiger partial charge >= 0.3 is 0 Å². The highest BCUT2D eigenvalue weighted by Gasteiger charge is 2.12. The Morgan fingerprint density at radius 2 is 2.00 bits per heavy atom. The van der Waals surface area contributed by atoms with Crippen LogP contribution in [0, 0.1) is 0 Å². The Kier molecular flexibility index (Phi) is 6.08. The minimum absolute atomic E-state index is 0.144. The van der Waals surface area contributed by atoms with E-state index in [0.29, 0.717) is 5.56 Å². The van der Waals surface area contributed by atoms with Gasteiger partial charge in [-0.1, -0.05) is 34.1 Å². The van der Waals surface area contributed by atoms with Crippen molar-refractivity contribution in [2.45, 2.75) is 4.90 Å². The first-order chi connectivity index (χ1) is 10.1. The summed E-state index contributed by atoms with van der Waals surface area (Å²) in [4.78, 5) is 13.4. The number of amides is 1. The topological polar surface area (TPSA) is 29.1 Å². The summed E-state index contributed by atoms with van der Waals surface area (Å²) in [6.45, 7) is 3.72. The number of benzene rings is 2. The molecule has 0 aliphatic heterocycles. The van der Waals surface area contributed by atoms with Gasteiger partial charge in [-0.05, 0) is 46.3 Å². The average molecular weight is 427 g/mol. The zero-order valence-electron chi connectivity index (χ0n) is 11.1. The van der Waals surface area contributed by atoms with E-state index in [4.69, 9.17) is 0 Å². The molecule has 2 aromatic rings. The zero-order valence-corrected chi connectivity index (χ0v) is 15.1. The van der Waals surface area contributed by atoms with Crippen LogP contribution in [0.15, 0.2) is 69.0 Å². The van der Waals surface area contributed by atoms with Crippen LogP contribution in [0.25, 0.3) is 0 Å². The second-order valence-electron chi connectivity index (χ2n) is 4.17. The van der Waals surface area contributed by atoms with E-state index in [1.54, 1.807) is 17.8 Å². The summed E-state index contributed by atoms with van der Waals surface area (Å²) < 4.78 is 1.63. The van der Waals surface area contributed by atoms with Crippen LogP contribution in [0.5, 0.6) is 0 Å². The van der Waals surface area contributed by atoms with Gasteiger partial charge < -0.3 is 5.32 Å². The maximum absolute atomic E-state index is 12.4. The molecule has 0 radical (unpaired) electrons. The molecule has 0 unspecified atom stereocenters. The van der Waals surface area contributed by atoms with Crippen molar-refractivity contribution in [2.24, 2.45) is 0 Å². The molecular formula is C16H13Br2NOS. The largest absolute Gasteiger partial charge is 0.321 e. The smallest absolute Gasteiger partial charge is 0.256 e. The highest BCUT2D eigenvalue weighted by atomic mass is 79.9. The molecule has 1 N–H and O–H groups in total. The van der Waals surface area contributed by atoms with Crippen molar-refractivity contribution in [1.29, 1.82) is 0 Å². The molecule has 5 heteroatoms. The van der Waals surface area contributed by atoms with Gasteiger partial charge in [-0.15, -0.1) is 18.3 Å². The Labute approximate surface area is 145 Å². The van der Waals surface area contributed by atoms with Crippen LogP contribution in [-0.4, -0.2) is 11.7 Å². The van der Waals surface area contributed by atoms with Gasteiger partial charge in [0.25, 0.3) is 5.91 Å². The van der Waals surface area contributed by atoms with Crippen LogP contribution in [0.3, 0.4) is 0 Å². The normalized spacial score (nSPS) is 10.2. The van der Waals surface area contributed by atoms with E-state index in [-0.39, 0.29) is 5.91 Å². The highest BCUT2D eigenvalue weighted by molar-refractivity contribution is 9.11. The average Bonchev–Trinajstić information content (AvgIpc) is 2.48. The van der Waals surface area contributed by atoms with Crippen molar-refractivity contribution >= 4 is 55.2 Å². The number of hydrogen-bond donors (Lipinski definition) is 1.